The van der Waals surface area contributed by atoms with E-state index < -0.39 is 0 Å². The Hall–Kier alpha value is 0.170. The van der Waals surface area contributed by atoms with Crippen molar-refractivity contribution in [1.29, 1.82) is 0 Å². The predicted molar refractivity (Wildman–Crippen MR) is 35.7 cm³/mol. The summed E-state index contributed by atoms with van der Waals surface area (Å²) >= 11 is 0. The second-order valence-corrected chi connectivity index (χ2v) is 1.70. The van der Waals surface area contributed by atoms with Crippen LogP contribution in [0.25, 0.3) is 0 Å². The van der Waals surface area contributed by atoms with E-state index in [2.05, 4.69) is 5.43 Å². The highest BCUT2D eigenvalue weighted by Gasteiger charge is 1.93. The molecule has 0 aromatic heterocycles. The van der Waals surface area contributed by atoms with E-state index in [1.807, 2.05) is 6.92 Å². The van der Waals surface area contributed by atoms with Crippen molar-refractivity contribution in [2.75, 3.05) is 13.2 Å². The van der Waals surface area contributed by atoms with Gasteiger partial charge in [0, 0.05) is 13.2 Å². The minimum Gasteiger partial charge on any atom is -0.396 e. The molecule has 0 amide bonds. The SMILES string of the molecule is CC(CO)CNN.Cl. The maximum Gasteiger partial charge on any atom is 0.0469 e. The molecular weight excluding hydrogens is 128 g/mol. The van der Waals surface area contributed by atoms with Gasteiger partial charge in [-0.25, -0.2) is 0 Å². The average Bonchev–Trinajstić information content (AvgIpc) is 1.68. The van der Waals surface area contributed by atoms with Crippen molar-refractivity contribution >= 4 is 12.4 Å². The fraction of sp³-hybridized carbons (Fsp3) is 1.00. The summed E-state index contributed by atoms with van der Waals surface area (Å²) < 4.78 is 0. The molecule has 52 valence electrons. The quantitative estimate of drug-likeness (QED) is 0.366. The van der Waals surface area contributed by atoms with E-state index in [-0.39, 0.29) is 24.9 Å². The van der Waals surface area contributed by atoms with Crippen molar-refractivity contribution in [2.24, 2.45) is 11.8 Å². The van der Waals surface area contributed by atoms with Crippen LogP contribution in [0.2, 0.25) is 0 Å². The molecule has 0 bridgehead atoms. The summed E-state index contributed by atoms with van der Waals surface area (Å²) in [6.07, 6.45) is 0. The van der Waals surface area contributed by atoms with Gasteiger partial charge in [0.1, 0.15) is 0 Å². The van der Waals surface area contributed by atoms with Gasteiger partial charge in [0.05, 0.1) is 0 Å². The van der Waals surface area contributed by atoms with Gasteiger partial charge in [-0.05, 0) is 5.92 Å². The summed E-state index contributed by atoms with van der Waals surface area (Å²) in [5.74, 6) is 5.21. The third-order valence-electron chi connectivity index (χ3n) is 0.778. The van der Waals surface area contributed by atoms with Crippen molar-refractivity contribution in [2.45, 2.75) is 6.92 Å². The molecule has 0 aliphatic rings. The van der Waals surface area contributed by atoms with Crippen LogP contribution in [0.1, 0.15) is 6.92 Å². The maximum atomic E-state index is 8.37. The molecule has 3 nitrogen and oxygen atoms in total. The fourth-order valence-electron chi connectivity index (χ4n) is 0.266. The largest absolute Gasteiger partial charge is 0.396 e. The Kier molecular flexibility index (Phi) is 9.89. The highest BCUT2D eigenvalue weighted by molar-refractivity contribution is 5.85. The standard InChI is InChI=1S/C4H12N2O.ClH/c1-4(3-7)2-6-5;/h4,6-7H,2-3,5H2,1H3;1H. The Bertz CT molecular complexity index is 45.0. The molecule has 0 aliphatic heterocycles. The minimum absolute atomic E-state index is 0. The molecule has 1 atom stereocenters. The van der Waals surface area contributed by atoms with Gasteiger partial charge >= 0.3 is 0 Å². The number of hydrogen-bond donors (Lipinski definition) is 3. The lowest BCUT2D eigenvalue weighted by molar-refractivity contribution is 0.234. The van der Waals surface area contributed by atoms with Crippen LogP contribution in [0.15, 0.2) is 0 Å². The molecule has 0 fully saturated rings. The van der Waals surface area contributed by atoms with Crippen LogP contribution in [0.3, 0.4) is 0 Å². The second-order valence-electron chi connectivity index (χ2n) is 1.70. The number of rotatable bonds is 3. The molecule has 0 aliphatic carbocycles. The van der Waals surface area contributed by atoms with Gasteiger partial charge in [-0.3, -0.25) is 11.3 Å². The fourth-order valence-corrected chi connectivity index (χ4v) is 0.266. The zero-order chi connectivity index (χ0) is 5.70. The van der Waals surface area contributed by atoms with Gasteiger partial charge < -0.3 is 5.11 Å². The Morgan fingerprint density at radius 3 is 2.38 bits per heavy atom. The predicted octanol–water partition coefficient (Wildman–Crippen LogP) is -0.500. The van der Waals surface area contributed by atoms with Gasteiger partial charge in [0.2, 0.25) is 0 Å². The van der Waals surface area contributed by atoms with Gasteiger partial charge in [-0.1, -0.05) is 6.92 Å². The van der Waals surface area contributed by atoms with Gasteiger partial charge in [-0.2, -0.15) is 0 Å². The maximum absolute atomic E-state index is 8.37. The third-order valence-corrected chi connectivity index (χ3v) is 0.778. The van der Waals surface area contributed by atoms with Crippen molar-refractivity contribution in [3.8, 4) is 0 Å². The summed E-state index contributed by atoms with van der Waals surface area (Å²) in [6.45, 7) is 2.79. The molecular formula is C4H13ClN2O. The van der Waals surface area contributed by atoms with E-state index in [0.717, 1.165) is 0 Å². The Morgan fingerprint density at radius 2 is 2.25 bits per heavy atom. The number of halogens is 1. The van der Waals surface area contributed by atoms with Crippen LogP contribution in [-0.2, 0) is 0 Å². The van der Waals surface area contributed by atoms with Crippen molar-refractivity contribution in [1.82, 2.24) is 5.43 Å². The van der Waals surface area contributed by atoms with Crippen LogP contribution in [-0.4, -0.2) is 18.3 Å². The lowest BCUT2D eigenvalue weighted by atomic mass is 10.2. The van der Waals surface area contributed by atoms with E-state index in [1.165, 1.54) is 0 Å². The topological polar surface area (TPSA) is 58.3 Å². The summed E-state index contributed by atoms with van der Waals surface area (Å²) in [5, 5.41) is 8.37. The smallest absolute Gasteiger partial charge is 0.0469 e. The molecule has 0 radical (unpaired) electrons. The van der Waals surface area contributed by atoms with E-state index in [0.29, 0.717) is 6.54 Å². The normalized spacial score (nSPS) is 12.4. The number of nitrogens with one attached hydrogen (secondary N) is 1. The van der Waals surface area contributed by atoms with Crippen LogP contribution >= 0.6 is 12.4 Å². The summed E-state index contributed by atoms with van der Waals surface area (Å²) in [6, 6.07) is 0. The van der Waals surface area contributed by atoms with Crippen LogP contribution < -0.4 is 11.3 Å². The minimum atomic E-state index is 0. The van der Waals surface area contributed by atoms with Crippen molar-refractivity contribution < 1.29 is 5.11 Å². The number of aliphatic hydroxyl groups is 1. The van der Waals surface area contributed by atoms with Crippen LogP contribution in [0.5, 0.6) is 0 Å². The second kappa shape index (κ2) is 7.17. The van der Waals surface area contributed by atoms with Gasteiger partial charge in [-0.15, -0.1) is 12.4 Å². The van der Waals surface area contributed by atoms with Gasteiger partial charge in [0.25, 0.3) is 0 Å². The lowest BCUT2D eigenvalue weighted by Gasteiger charge is -2.03. The molecule has 0 saturated carbocycles. The molecule has 0 saturated heterocycles. The summed E-state index contributed by atoms with van der Waals surface area (Å²) in [4.78, 5) is 0. The molecule has 0 spiro atoms. The first-order valence-electron chi connectivity index (χ1n) is 2.35. The molecule has 0 rings (SSSR count). The summed E-state index contributed by atoms with van der Waals surface area (Å²) in [7, 11) is 0. The molecule has 0 heterocycles. The van der Waals surface area contributed by atoms with Crippen molar-refractivity contribution in [3.63, 3.8) is 0 Å². The zero-order valence-corrected chi connectivity index (χ0v) is 5.74. The Labute approximate surface area is 55.6 Å². The first kappa shape index (κ1) is 11.0. The molecule has 0 aromatic rings. The first-order valence-corrected chi connectivity index (χ1v) is 2.35. The summed E-state index contributed by atoms with van der Waals surface area (Å²) in [5.41, 5.74) is 2.46. The monoisotopic (exact) mass is 140 g/mol. The van der Waals surface area contributed by atoms with E-state index in [1.54, 1.807) is 0 Å². The number of aliphatic hydroxyl groups excluding tert-OH is 1. The van der Waals surface area contributed by atoms with E-state index in [9.17, 15) is 0 Å². The highest BCUT2D eigenvalue weighted by atomic mass is 35.5. The third kappa shape index (κ3) is 6.17. The number of hydrazine groups is 1. The molecule has 4 N–H and O–H groups in total. The van der Waals surface area contributed by atoms with E-state index in [4.69, 9.17) is 10.9 Å². The number of nitrogens with two attached hydrogens (primary N) is 1. The number of hydrogen-bond acceptors (Lipinski definition) is 3. The molecule has 8 heavy (non-hydrogen) atoms. The van der Waals surface area contributed by atoms with E-state index >= 15 is 0 Å². The first-order chi connectivity index (χ1) is 3.31. The average molecular weight is 141 g/mol. The van der Waals surface area contributed by atoms with Crippen molar-refractivity contribution in [3.05, 3.63) is 0 Å². The Morgan fingerprint density at radius 1 is 1.75 bits per heavy atom. The van der Waals surface area contributed by atoms with Crippen LogP contribution in [0.4, 0.5) is 0 Å². The molecule has 1 unspecified atom stereocenters. The molecule has 0 aromatic carbocycles. The highest BCUT2D eigenvalue weighted by Crippen LogP contribution is 1.85. The van der Waals surface area contributed by atoms with Crippen LogP contribution in [0, 0.1) is 5.92 Å². The zero-order valence-electron chi connectivity index (χ0n) is 4.92. The lowest BCUT2D eigenvalue weighted by Crippen LogP contribution is -2.28. The van der Waals surface area contributed by atoms with Gasteiger partial charge in [0.15, 0.2) is 0 Å². The Balaban J connectivity index is 0. The molecule has 4 heteroatoms.